The van der Waals surface area contributed by atoms with E-state index in [4.69, 9.17) is 4.74 Å². The average molecular weight is 764 g/mol. The highest BCUT2D eigenvalue weighted by atomic mass is 32.1. The summed E-state index contributed by atoms with van der Waals surface area (Å²) in [4.78, 5) is 2.53. The van der Waals surface area contributed by atoms with Crippen molar-refractivity contribution in [3.05, 3.63) is 209 Å². The van der Waals surface area contributed by atoms with Crippen LogP contribution in [0.4, 0.5) is 17.1 Å². The number of fused-ring (bicyclic) bond motifs is 15. The summed E-state index contributed by atoms with van der Waals surface area (Å²) in [6, 6.07) is 65.2. The third-order valence-corrected chi connectivity index (χ3v) is 15.2. The van der Waals surface area contributed by atoms with Gasteiger partial charge in [0.2, 0.25) is 0 Å². The van der Waals surface area contributed by atoms with E-state index in [0.29, 0.717) is 0 Å². The van der Waals surface area contributed by atoms with E-state index in [0.717, 1.165) is 17.2 Å². The summed E-state index contributed by atoms with van der Waals surface area (Å²) in [5.41, 5.74) is 15.8. The van der Waals surface area contributed by atoms with Crippen LogP contribution in [-0.2, 0) is 16.2 Å². The van der Waals surface area contributed by atoms with Gasteiger partial charge < -0.3 is 9.64 Å². The van der Waals surface area contributed by atoms with Crippen molar-refractivity contribution >= 4 is 48.6 Å². The molecule has 0 bridgehead atoms. The van der Waals surface area contributed by atoms with Gasteiger partial charge in [-0.1, -0.05) is 149 Å². The van der Waals surface area contributed by atoms with Gasteiger partial charge in [-0.25, -0.2) is 0 Å². The lowest BCUT2D eigenvalue weighted by Crippen LogP contribution is -2.43. The first kappa shape index (κ1) is 33.7. The fourth-order valence-electron chi connectivity index (χ4n) is 10.8. The minimum atomic E-state index is -0.502. The number of benzene rings is 8. The first-order chi connectivity index (χ1) is 28.3. The summed E-state index contributed by atoms with van der Waals surface area (Å²) in [5, 5.41) is 2.56. The van der Waals surface area contributed by atoms with Gasteiger partial charge in [0.1, 0.15) is 11.5 Å². The van der Waals surface area contributed by atoms with E-state index in [9.17, 15) is 0 Å². The van der Waals surface area contributed by atoms with Gasteiger partial charge >= 0.3 is 0 Å². The Hall–Kier alpha value is -6.42. The predicted octanol–water partition coefficient (Wildman–Crippen LogP) is 15.2. The molecule has 0 unspecified atom stereocenters. The number of hydrogen-bond acceptors (Lipinski definition) is 3. The van der Waals surface area contributed by atoms with Crippen LogP contribution in [0.25, 0.3) is 42.4 Å². The average Bonchev–Trinajstić information content (AvgIpc) is 3.76. The second-order valence-corrected chi connectivity index (χ2v) is 18.3. The maximum atomic E-state index is 6.64. The third kappa shape index (κ3) is 4.22. The molecule has 3 aliphatic rings. The van der Waals surface area contributed by atoms with E-state index >= 15 is 0 Å². The van der Waals surface area contributed by atoms with Crippen LogP contribution in [0, 0.1) is 0 Å². The quantitative estimate of drug-likeness (QED) is 0.178. The number of anilines is 3. The lowest BCUT2D eigenvalue weighted by molar-refractivity contribution is 0.299. The molecule has 0 N–H and O–H groups in total. The normalized spacial score (nSPS) is 15.8. The zero-order valence-corrected chi connectivity index (χ0v) is 33.8. The third-order valence-electron chi connectivity index (χ3n) is 14.1. The molecule has 2 nitrogen and oxygen atoms in total. The Labute approximate surface area is 343 Å². The Morgan fingerprint density at radius 1 is 0.431 bits per heavy atom. The highest BCUT2D eigenvalue weighted by molar-refractivity contribution is 7.26. The van der Waals surface area contributed by atoms with Gasteiger partial charge in [0.15, 0.2) is 0 Å². The van der Waals surface area contributed by atoms with Gasteiger partial charge in [0.05, 0.1) is 16.8 Å². The van der Waals surface area contributed by atoms with Crippen LogP contribution < -0.4 is 9.64 Å². The van der Waals surface area contributed by atoms with E-state index < -0.39 is 5.41 Å². The molecule has 0 atom stereocenters. The fourth-order valence-corrected chi connectivity index (χ4v) is 11.9. The number of ether oxygens (including phenoxy) is 1. The molecule has 3 heteroatoms. The first-order valence-electron chi connectivity index (χ1n) is 20.4. The van der Waals surface area contributed by atoms with E-state index in [1.807, 2.05) is 11.3 Å². The van der Waals surface area contributed by atoms with Crippen molar-refractivity contribution in [3.8, 4) is 33.8 Å². The molecular weight excluding hydrogens is 723 g/mol. The van der Waals surface area contributed by atoms with Crippen LogP contribution in [0.1, 0.15) is 61.1 Å². The molecule has 1 spiro atoms. The maximum absolute atomic E-state index is 6.64. The second-order valence-electron chi connectivity index (χ2n) is 17.2. The van der Waals surface area contributed by atoms with Crippen LogP contribution in [0.3, 0.4) is 0 Å². The van der Waals surface area contributed by atoms with Crippen molar-refractivity contribution in [2.75, 3.05) is 4.90 Å². The van der Waals surface area contributed by atoms with Crippen molar-refractivity contribution in [2.24, 2.45) is 0 Å². The van der Waals surface area contributed by atoms with Gasteiger partial charge in [0, 0.05) is 42.6 Å². The zero-order valence-electron chi connectivity index (χ0n) is 33.0. The van der Waals surface area contributed by atoms with Crippen molar-refractivity contribution < 1.29 is 4.74 Å². The SMILES string of the molecule is CC1(C)c2ccccc2-c2c(N(c3ccccc3)c3cccc4sc5cc6c(cc5c34)-c3ccccc3C63c4ccccc4Oc4ccccc43)cccc2C1(C)C. The molecule has 12 rings (SSSR count). The summed E-state index contributed by atoms with van der Waals surface area (Å²) in [6.45, 7) is 9.66. The molecule has 2 aliphatic carbocycles. The molecule has 8 aromatic carbocycles. The summed E-state index contributed by atoms with van der Waals surface area (Å²) >= 11 is 1.90. The smallest absolute Gasteiger partial charge is 0.132 e. The highest BCUT2D eigenvalue weighted by Gasteiger charge is 2.51. The molecule has 9 aromatic rings. The topological polar surface area (TPSA) is 12.5 Å². The van der Waals surface area contributed by atoms with Crippen molar-refractivity contribution in [3.63, 3.8) is 0 Å². The predicted molar refractivity (Wildman–Crippen MR) is 243 cm³/mol. The van der Waals surface area contributed by atoms with Crippen LogP contribution in [0.15, 0.2) is 176 Å². The molecule has 1 aromatic heterocycles. The molecule has 0 saturated carbocycles. The molecule has 2 heterocycles. The Morgan fingerprint density at radius 3 is 1.74 bits per heavy atom. The Kier molecular flexibility index (Phi) is 6.86. The van der Waals surface area contributed by atoms with Gasteiger partial charge in [0.25, 0.3) is 0 Å². The van der Waals surface area contributed by atoms with Crippen molar-refractivity contribution in [1.29, 1.82) is 0 Å². The van der Waals surface area contributed by atoms with Gasteiger partial charge in [-0.3, -0.25) is 0 Å². The Bertz CT molecular complexity index is 3120. The molecular formula is C55H41NOS. The molecule has 278 valence electrons. The van der Waals surface area contributed by atoms with Crippen LogP contribution in [0.5, 0.6) is 11.5 Å². The Morgan fingerprint density at radius 2 is 1.00 bits per heavy atom. The lowest BCUT2D eigenvalue weighted by atomic mass is 9.55. The largest absolute Gasteiger partial charge is 0.457 e. The van der Waals surface area contributed by atoms with E-state index in [1.54, 1.807) is 0 Å². The standard InChI is InChI=1S/C55H41NOS/c1-53(2)39-22-10-9-21-36(39)51-43(54(53,3)4)26-16-27-45(51)56(34-18-6-5-7-19-34)46-28-17-31-49-52(46)38-32-37-35-20-8-11-23-40(35)55(44(37)33-50(38)58-49)41-24-12-14-29-47(41)57-48-30-15-13-25-42(48)55/h5-33H,1-4H3. The summed E-state index contributed by atoms with van der Waals surface area (Å²) in [6.07, 6.45) is 0. The van der Waals surface area contributed by atoms with E-state index in [2.05, 4.69) is 209 Å². The zero-order chi connectivity index (χ0) is 39.0. The molecule has 1 aliphatic heterocycles. The van der Waals surface area contributed by atoms with Crippen LogP contribution >= 0.6 is 11.3 Å². The fraction of sp³-hybridized carbons (Fsp3) is 0.127. The number of para-hydroxylation sites is 3. The molecule has 0 saturated heterocycles. The molecule has 58 heavy (non-hydrogen) atoms. The molecule has 0 radical (unpaired) electrons. The summed E-state index contributed by atoms with van der Waals surface area (Å²) in [7, 11) is 0. The van der Waals surface area contributed by atoms with Gasteiger partial charge in [-0.2, -0.15) is 0 Å². The number of hydrogen-bond donors (Lipinski definition) is 0. The monoisotopic (exact) mass is 763 g/mol. The highest BCUT2D eigenvalue weighted by Crippen LogP contribution is 2.64. The minimum absolute atomic E-state index is 0.0596. The van der Waals surface area contributed by atoms with Gasteiger partial charge in [-0.15, -0.1) is 11.3 Å². The lowest BCUT2D eigenvalue weighted by Gasteiger charge is -2.49. The second kappa shape index (κ2) is 11.8. The minimum Gasteiger partial charge on any atom is -0.457 e. The first-order valence-corrected chi connectivity index (χ1v) is 21.2. The van der Waals surface area contributed by atoms with Crippen LogP contribution in [-0.4, -0.2) is 0 Å². The van der Waals surface area contributed by atoms with Gasteiger partial charge in [-0.05, 0) is 104 Å². The number of thiophene rings is 1. The van der Waals surface area contributed by atoms with Crippen molar-refractivity contribution in [2.45, 2.75) is 43.9 Å². The number of rotatable bonds is 3. The maximum Gasteiger partial charge on any atom is 0.132 e. The Balaban J connectivity index is 1.16. The number of nitrogens with zero attached hydrogens (tertiary/aromatic N) is 1. The van der Waals surface area contributed by atoms with E-state index in [1.165, 1.54) is 87.2 Å². The molecule has 0 amide bonds. The summed E-state index contributed by atoms with van der Waals surface area (Å²) in [5.74, 6) is 1.83. The summed E-state index contributed by atoms with van der Waals surface area (Å²) < 4.78 is 9.20. The van der Waals surface area contributed by atoms with E-state index in [-0.39, 0.29) is 10.8 Å². The molecule has 0 fully saturated rings. The van der Waals surface area contributed by atoms with Crippen LogP contribution in [0.2, 0.25) is 0 Å². The van der Waals surface area contributed by atoms with Crippen molar-refractivity contribution in [1.82, 2.24) is 0 Å².